The number of hydrogen-bond acceptors (Lipinski definition) is 2. The predicted molar refractivity (Wildman–Crippen MR) is 76.8 cm³/mol. The largest absolute Gasteiger partial charge is 0.366 e. The third-order valence-electron chi connectivity index (χ3n) is 3.02. The van der Waals surface area contributed by atoms with Crippen molar-refractivity contribution in [3.63, 3.8) is 0 Å². The predicted octanol–water partition coefficient (Wildman–Crippen LogP) is 2.26. The molecule has 0 aliphatic heterocycles. The third-order valence-corrected chi connectivity index (χ3v) is 3.02. The fourth-order valence-corrected chi connectivity index (χ4v) is 1.99. The van der Waals surface area contributed by atoms with E-state index in [1.54, 1.807) is 18.2 Å². The highest BCUT2D eigenvalue weighted by atomic mass is 19.1. The highest BCUT2D eigenvalue weighted by molar-refractivity contribution is 5.92. The molecule has 0 atom stereocenters. The maximum Gasteiger partial charge on any atom is 0.248 e. The molecule has 0 radical (unpaired) electrons. The van der Waals surface area contributed by atoms with Crippen LogP contribution in [-0.2, 0) is 13.0 Å². The Labute approximate surface area is 117 Å². The lowest BCUT2D eigenvalue weighted by Crippen LogP contribution is -2.17. The topological polar surface area (TPSA) is 55.1 Å². The number of carbonyl (C=O) groups excluding carboxylic acids is 1. The van der Waals surface area contributed by atoms with Gasteiger partial charge in [0.25, 0.3) is 0 Å². The van der Waals surface area contributed by atoms with Gasteiger partial charge in [-0.25, -0.2) is 4.39 Å². The molecule has 0 bridgehead atoms. The molecular weight excluding hydrogens is 255 g/mol. The van der Waals surface area contributed by atoms with Crippen molar-refractivity contribution in [3.05, 3.63) is 71.0 Å². The standard InChI is InChI=1S/C16H17FN2O/c17-15-6-2-4-13(10-15)11-19-8-7-12-3-1-5-14(9-12)16(18)20/h1-6,9-10,19H,7-8,11H2,(H2,18,20). The van der Waals surface area contributed by atoms with Crippen molar-refractivity contribution in [3.8, 4) is 0 Å². The number of amides is 1. The molecule has 0 aliphatic rings. The Morgan fingerprint density at radius 2 is 1.85 bits per heavy atom. The van der Waals surface area contributed by atoms with Crippen LogP contribution in [0, 0.1) is 5.82 Å². The fraction of sp³-hybridized carbons (Fsp3) is 0.188. The van der Waals surface area contributed by atoms with Gasteiger partial charge in [-0.15, -0.1) is 0 Å². The Morgan fingerprint density at radius 3 is 2.60 bits per heavy atom. The SMILES string of the molecule is NC(=O)c1cccc(CCNCc2cccc(F)c2)c1. The van der Waals surface area contributed by atoms with E-state index in [4.69, 9.17) is 5.73 Å². The lowest BCUT2D eigenvalue weighted by molar-refractivity contribution is 0.1000. The zero-order valence-electron chi connectivity index (χ0n) is 11.1. The Kier molecular flexibility index (Phi) is 4.85. The summed E-state index contributed by atoms with van der Waals surface area (Å²) in [5.74, 6) is -0.641. The molecule has 0 saturated carbocycles. The number of primary amides is 1. The Balaban J connectivity index is 1.81. The average molecular weight is 272 g/mol. The first-order valence-corrected chi connectivity index (χ1v) is 6.49. The summed E-state index contributed by atoms with van der Waals surface area (Å²) >= 11 is 0. The van der Waals surface area contributed by atoms with Crippen molar-refractivity contribution in [1.29, 1.82) is 0 Å². The van der Waals surface area contributed by atoms with Gasteiger partial charge in [0.2, 0.25) is 5.91 Å². The summed E-state index contributed by atoms with van der Waals surface area (Å²) in [5, 5.41) is 3.24. The zero-order valence-corrected chi connectivity index (χ0v) is 11.1. The summed E-state index contributed by atoms with van der Waals surface area (Å²) < 4.78 is 13.0. The van der Waals surface area contributed by atoms with Gasteiger partial charge in [0.05, 0.1) is 0 Å². The highest BCUT2D eigenvalue weighted by Crippen LogP contribution is 2.06. The minimum atomic E-state index is -0.417. The van der Waals surface area contributed by atoms with E-state index in [9.17, 15) is 9.18 Å². The van der Waals surface area contributed by atoms with Crippen molar-refractivity contribution in [2.75, 3.05) is 6.54 Å². The second kappa shape index (κ2) is 6.82. The summed E-state index contributed by atoms with van der Waals surface area (Å²) in [6, 6.07) is 13.8. The quantitative estimate of drug-likeness (QED) is 0.792. The number of nitrogens with two attached hydrogens (primary N) is 1. The van der Waals surface area contributed by atoms with Crippen LogP contribution in [0.3, 0.4) is 0 Å². The van der Waals surface area contributed by atoms with E-state index in [0.29, 0.717) is 12.1 Å². The van der Waals surface area contributed by atoms with E-state index in [-0.39, 0.29) is 5.82 Å². The van der Waals surface area contributed by atoms with E-state index in [0.717, 1.165) is 24.1 Å². The van der Waals surface area contributed by atoms with Crippen LogP contribution >= 0.6 is 0 Å². The van der Waals surface area contributed by atoms with Crippen LogP contribution in [0.25, 0.3) is 0 Å². The average Bonchev–Trinajstić information content (AvgIpc) is 2.44. The molecule has 0 unspecified atom stereocenters. The Bertz CT molecular complexity index is 599. The monoisotopic (exact) mass is 272 g/mol. The van der Waals surface area contributed by atoms with E-state index >= 15 is 0 Å². The van der Waals surface area contributed by atoms with Crippen molar-refractivity contribution >= 4 is 5.91 Å². The van der Waals surface area contributed by atoms with E-state index in [2.05, 4.69) is 5.32 Å². The molecule has 0 aromatic heterocycles. The summed E-state index contributed by atoms with van der Waals surface area (Å²) in [5.41, 5.74) is 7.72. The maximum atomic E-state index is 13.0. The van der Waals surface area contributed by atoms with Crippen LogP contribution < -0.4 is 11.1 Å². The molecule has 104 valence electrons. The van der Waals surface area contributed by atoms with Crippen molar-refractivity contribution in [2.45, 2.75) is 13.0 Å². The second-order valence-electron chi connectivity index (χ2n) is 4.62. The van der Waals surface area contributed by atoms with E-state index in [1.807, 2.05) is 18.2 Å². The van der Waals surface area contributed by atoms with Gasteiger partial charge in [0.15, 0.2) is 0 Å². The van der Waals surface area contributed by atoms with Gasteiger partial charge in [0, 0.05) is 12.1 Å². The molecule has 0 saturated heterocycles. The van der Waals surface area contributed by atoms with Gasteiger partial charge in [-0.2, -0.15) is 0 Å². The Morgan fingerprint density at radius 1 is 1.10 bits per heavy atom. The molecule has 20 heavy (non-hydrogen) atoms. The molecule has 3 nitrogen and oxygen atoms in total. The number of nitrogens with one attached hydrogen (secondary N) is 1. The first-order valence-electron chi connectivity index (χ1n) is 6.49. The molecular formula is C16H17FN2O. The maximum absolute atomic E-state index is 13.0. The smallest absolute Gasteiger partial charge is 0.248 e. The number of halogens is 1. The molecule has 4 heteroatoms. The lowest BCUT2D eigenvalue weighted by atomic mass is 10.1. The lowest BCUT2D eigenvalue weighted by Gasteiger charge is -2.06. The first-order chi connectivity index (χ1) is 9.65. The minimum absolute atomic E-state index is 0.224. The number of carbonyl (C=O) groups is 1. The summed E-state index contributed by atoms with van der Waals surface area (Å²) in [7, 11) is 0. The van der Waals surface area contributed by atoms with Crippen molar-refractivity contribution in [1.82, 2.24) is 5.32 Å². The molecule has 2 aromatic rings. The van der Waals surface area contributed by atoms with Gasteiger partial charge in [-0.05, 0) is 48.4 Å². The molecule has 3 N–H and O–H groups in total. The number of rotatable bonds is 6. The first kappa shape index (κ1) is 14.2. The molecule has 1 amide bonds. The molecule has 0 heterocycles. The second-order valence-corrected chi connectivity index (χ2v) is 4.62. The minimum Gasteiger partial charge on any atom is -0.366 e. The zero-order chi connectivity index (χ0) is 14.4. The molecule has 0 fully saturated rings. The van der Waals surface area contributed by atoms with Crippen LogP contribution in [0.1, 0.15) is 21.5 Å². The van der Waals surface area contributed by atoms with E-state index < -0.39 is 5.91 Å². The van der Waals surface area contributed by atoms with Gasteiger partial charge in [-0.1, -0.05) is 24.3 Å². The summed E-state index contributed by atoms with van der Waals surface area (Å²) in [6.45, 7) is 1.37. The Hall–Kier alpha value is -2.20. The van der Waals surface area contributed by atoms with Crippen LogP contribution in [0.15, 0.2) is 48.5 Å². The summed E-state index contributed by atoms with van der Waals surface area (Å²) in [4.78, 5) is 11.1. The van der Waals surface area contributed by atoms with Gasteiger partial charge >= 0.3 is 0 Å². The van der Waals surface area contributed by atoms with Crippen molar-refractivity contribution < 1.29 is 9.18 Å². The molecule has 2 rings (SSSR count). The van der Waals surface area contributed by atoms with Gasteiger partial charge in [0.1, 0.15) is 5.82 Å². The van der Waals surface area contributed by atoms with Crippen LogP contribution in [-0.4, -0.2) is 12.5 Å². The molecule has 0 spiro atoms. The summed E-state index contributed by atoms with van der Waals surface area (Å²) in [6.07, 6.45) is 0.788. The molecule has 2 aromatic carbocycles. The normalized spacial score (nSPS) is 10.4. The fourth-order valence-electron chi connectivity index (χ4n) is 1.99. The highest BCUT2D eigenvalue weighted by Gasteiger charge is 2.01. The third kappa shape index (κ3) is 4.17. The number of benzene rings is 2. The number of hydrogen-bond donors (Lipinski definition) is 2. The van der Waals surface area contributed by atoms with Crippen LogP contribution in [0.2, 0.25) is 0 Å². The van der Waals surface area contributed by atoms with Crippen LogP contribution in [0.4, 0.5) is 4.39 Å². The van der Waals surface area contributed by atoms with Crippen LogP contribution in [0.5, 0.6) is 0 Å². The van der Waals surface area contributed by atoms with Gasteiger partial charge in [-0.3, -0.25) is 4.79 Å². The van der Waals surface area contributed by atoms with Crippen molar-refractivity contribution in [2.24, 2.45) is 5.73 Å². The van der Waals surface area contributed by atoms with Gasteiger partial charge < -0.3 is 11.1 Å². The van der Waals surface area contributed by atoms with E-state index in [1.165, 1.54) is 12.1 Å². The molecule has 0 aliphatic carbocycles.